The van der Waals surface area contributed by atoms with Gasteiger partial charge in [0.05, 0.1) is 5.75 Å². The van der Waals surface area contributed by atoms with Gasteiger partial charge in [0.25, 0.3) is 0 Å². The molecule has 3 aromatic rings. The van der Waals surface area contributed by atoms with E-state index < -0.39 is 5.82 Å². The van der Waals surface area contributed by atoms with E-state index in [1.54, 1.807) is 6.07 Å². The lowest BCUT2D eigenvalue weighted by Gasteiger charge is -2.05. The quantitative estimate of drug-likeness (QED) is 0.549. The number of amides is 1. The molecule has 3 N–H and O–H groups in total. The Labute approximate surface area is 141 Å². The molecule has 6 nitrogen and oxygen atoms in total. The number of carbonyl (C=O) groups is 1. The van der Waals surface area contributed by atoms with Gasteiger partial charge in [-0.05, 0) is 18.2 Å². The van der Waals surface area contributed by atoms with Gasteiger partial charge in [-0.3, -0.25) is 4.79 Å². The van der Waals surface area contributed by atoms with Crippen molar-refractivity contribution in [3.63, 3.8) is 0 Å². The second-order valence-electron chi connectivity index (χ2n) is 4.89. The number of hydrogen-bond donors (Lipinski definition) is 2. The van der Waals surface area contributed by atoms with Gasteiger partial charge < -0.3 is 11.2 Å². The van der Waals surface area contributed by atoms with Crippen LogP contribution in [0.3, 0.4) is 0 Å². The third-order valence-corrected chi connectivity index (χ3v) is 4.08. The molecule has 0 bridgehead atoms. The molecule has 1 aromatic heterocycles. The summed E-state index contributed by atoms with van der Waals surface area (Å²) in [5.74, 6) is 5.89. The number of halogens is 1. The van der Waals surface area contributed by atoms with Crippen molar-refractivity contribution in [2.75, 3.05) is 16.9 Å². The van der Waals surface area contributed by atoms with Crippen molar-refractivity contribution in [1.82, 2.24) is 14.9 Å². The van der Waals surface area contributed by atoms with Crippen LogP contribution in [0.5, 0.6) is 0 Å². The Kier molecular flexibility index (Phi) is 4.76. The molecule has 1 heterocycles. The number of benzene rings is 2. The highest BCUT2D eigenvalue weighted by molar-refractivity contribution is 7.99. The van der Waals surface area contributed by atoms with Crippen molar-refractivity contribution in [3.8, 4) is 11.4 Å². The molecule has 1 amide bonds. The lowest BCUT2D eigenvalue weighted by atomic mass is 10.2. The van der Waals surface area contributed by atoms with Crippen molar-refractivity contribution < 1.29 is 9.18 Å². The minimum Gasteiger partial charge on any atom is -0.335 e. The predicted molar refractivity (Wildman–Crippen MR) is 91.4 cm³/mol. The van der Waals surface area contributed by atoms with Gasteiger partial charge in [0.2, 0.25) is 11.1 Å². The molecule has 24 heavy (non-hydrogen) atoms. The van der Waals surface area contributed by atoms with Crippen molar-refractivity contribution in [2.45, 2.75) is 5.16 Å². The normalized spacial score (nSPS) is 10.5. The number of nitrogens with zero attached hydrogens (tertiary/aromatic N) is 3. The summed E-state index contributed by atoms with van der Waals surface area (Å²) >= 11 is 1.15. The maximum atomic E-state index is 13.1. The van der Waals surface area contributed by atoms with Gasteiger partial charge in [0, 0.05) is 11.3 Å². The minimum absolute atomic E-state index is 0.0840. The molecule has 0 aliphatic carbocycles. The van der Waals surface area contributed by atoms with Crippen LogP contribution in [0, 0.1) is 5.82 Å². The summed E-state index contributed by atoms with van der Waals surface area (Å²) < 4.78 is 14.4. The van der Waals surface area contributed by atoms with Gasteiger partial charge in [-0.2, -0.15) is 0 Å². The first-order valence-electron chi connectivity index (χ1n) is 7.07. The molecule has 0 saturated carbocycles. The summed E-state index contributed by atoms with van der Waals surface area (Å²) in [7, 11) is 0. The fourth-order valence-corrected chi connectivity index (χ4v) is 2.71. The second kappa shape index (κ2) is 7.14. The minimum atomic E-state index is -0.408. The van der Waals surface area contributed by atoms with Crippen LogP contribution < -0.4 is 11.2 Å². The largest absolute Gasteiger partial charge is 0.335 e. The number of hydrogen-bond acceptors (Lipinski definition) is 5. The van der Waals surface area contributed by atoms with E-state index in [0.717, 1.165) is 17.3 Å². The number of thioether (sulfide) groups is 1. The fourth-order valence-electron chi connectivity index (χ4n) is 2.05. The SMILES string of the molecule is Nn1c(SCC(=O)Nc2cccc(F)c2)nnc1-c1ccccc1. The van der Waals surface area contributed by atoms with Crippen LogP contribution in [-0.4, -0.2) is 26.5 Å². The molecule has 0 aliphatic heterocycles. The maximum Gasteiger partial charge on any atom is 0.234 e. The van der Waals surface area contributed by atoms with E-state index in [-0.39, 0.29) is 11.7 Å². The van der Waals surface area contributed by atoms with Crippen LogP contribution in [0.25, 0.3) is 11.4 Å². The molecule has 0 radical (unpaired) electrons. The molecule has 3 rings (SSSR count). The lowest BCUT2D eigenvalue weighted by Crippen LogP contribution is -2.16. The molecular formula is C16H14FN5OS. The van der Waals surface area contributed by atoms with Gasteiger partial charge in [-0.1, -0.05) is 48.2 Å². The van der Waals surface area contributed by atoms with Gasteiger partial charge in [0.15, 0.2) is 5.82 Å². The highest BCUT2D eigenvalue weighted by Crippen LogP contribution is 2.21. The van der Waals surface area contributed by atoms with Gasteiger partial charge in [-0.15, -0.1) is 10.2 Å². The number of nitrogen functional groups attached to an aromatic ring is 1. The Balaban J connectivity index is 1.63. The van der Waals surface area contributed by atoms with E-state index in [9.17, 15) is 9.18 Å². The number of nitrogens with one attached hydrogen (secondary N) is 1. The predicted octanol–water partition coefficient (Wildman–Crippen LogP) is 2.53. The van der Waals surface area contributed by atoms with Gasteiger partial charge >= 0.3 is 0 Å². The van der Waals surface area contributed by atoms with Crippen LogP contribution in [0.1, 0.15) is 0 Å². The molecule has 0 unspecified atom stereocenters. The smallest absolute Gasteiger partial charge is 0.234 e. The van der Waals surface area contributed by atoms with E-state index in [4.69, 9.17) is 5.84 Å². The van der Waals surface area contributed by atoms with Gasteiger partial charge in [0.1, 0.15) is 5.82 Å². The molecular weight excluding hydrogens is 329 g/mol. The average Bonchev–Trinajstić information content (AvgIpc) is 2.94. The zero-order valence-electron chi connectivity index (χ0n) is 12.5. The number of anilines is 1. The molecule has 0 atom stereocenters. The van der Waals surface area contributed by atoms with Crippen LogP contribution in [0.15, 0.2) is 59.8 Å². The lowest BCUT2D eigenvalue weighted by molar-refractivity contribution is -0.113. The van der Waals surface area contributed by atoms with Crippen molar-refractivity contribution in [3.05, 3.63) is 60.4 Å². The number of aromatic nitrogens is 3. The van der Waals surface area contributed by atoms with E-state index in [1.165, 1.54) is 22.9 Å². The van der Waals surface area contributed by atoms with Crippen LogP contribution in [0.2, 0.25) is 0 Å². The molecule has 8 heteroatoms. The summed E-state index contributed by atoms with van der Waals surface area (Å²) in [5, 5.41) is 11.1. The molecule has 0 spiro atoms. The third-order valence-electron chi connectivity index (χ3n) is 3.14. The van der Waals surface area contributed by atoms with Crippen LogP contribution >= 0.6 is 11.8 Å². The molecule has 0 saturated heterocycles. The first-order chi connectivity index (χ1) is 11.6. The summed E-state index contributed by atoms with van der Waals surface area (Å²) in [4.78, 5) is 11.9. The number of rotatable bonds is 5. The van der Waals surface area contributed by atoms with Crippen molar-refractivity contribution in [2.24, 2.45) is 0 Å². The average molecular weight is 343 g/mol. The molecule has 122 valence electrons. The topological polar surface area (TPSA) is 85.8 Å². The summed E-state index contributed by atoms with van der Waals surface area (Å²) in [5.41, 5.74) is 1.24. The number of nitrogens with two attached hydrogens (primary N) is 1. The Morgan fingerprint density at radius 3 is 2.71 bits per heavy atom. The highest BCUT2D eigenvalue weighted by atomic mass is 32.2. The fraction of sp³-hybridized carbons (Fsp3) is 0.0625. The van der Waals surface area contributed by atoms with Crippen molar-refractivity contribution >= 4 is 23.4 Å². The Morgan fingerprint density at radius 2 is 1.96 bits per heavy atom. The van der Waals surface area contributed by atoms with E-state index in [2.05, 4.69) is 15.5 Å². The zero-order chi connectivity index (χ0) is 16.9. The number of carbonyl (C=O) groups excluding carboxylic acids is 1. The second-order valence-corrected chi connectivity index (χ2v) is 5.83. The van der Waals surface area contributed by atoms with Crippen LogP contribution in [-0.2, 0) is 4.79 Å². The summed E-state index contributed by atoms with van der Waals surface area (Å²) in [6.07, 6.45) is 0. The Bertz CT molecular complexity index is 853. The highest BCUT2D eigenvalue weighted by Gasteiger charge is 2.13. The van der Waals surface area contributed by atoms with Gasteiger partial charge in [-0.25, -0.2) is 9.07 Å². The van der Waals surface area contributed by atoms with Crippen LogP contribution in [0.4, 0.5) is 10.1 Å². The summed E-state index contributed by atoms with van der Waals surface area (Å²) in [6, 6.07) is 15.1. The first-order valence-corrected chi connectivity index (χ1v) is 8.06. The van der Waals surface area contributed by atoms with Crippen molar-refractivity contribution in [1.29, 1.82) is 0 Å². The zero-order valence-corrected chi connectivity index (χ0v) is 13.3. The molecule has 2 aromatic carbocycles. The Hall–Kier alpha value is -2.87. The molecule has 0 fully saturated rings. The van der Waals surface area contributed by atoms with E-state index >= 15 is 0 Å². The monoisotopic (exact) mass is 343 g/mol. The standard InChI is InChI=1S/C16H14FN5OS/c17-12-7-4-8-13(9-12)19-14(23)10-24-16-21-20-15(22(16)18)11-5-2-1-3-6-11/h1-9H,10,18H2,(H,19,23). The third kappa shape index (κ3) is 3.72. The Morgan fingerprint density at radius 1 is 1.17 bits per heavy atom. The molecule has 0 aliphatic rings. The van der Waals surface area contributed by atoms with E-state index in [0.29, 0.717) is 16.7 Å². The van der Waals surface area contributed by atoms with E-state index in [1.807, 2.05) is 30.3 Å². The first kappa shape index (κ1) is 16.0. The maximum absolute atomic E-state index is 13.1. The summed E-state index contributed by atoms with van der Waals surface area (Å²) in [6.45, 7) is 0.